The molecule has 0 aliphatic carbocycles. The highest BCUT2D eigenvalue weighted by Crippen LogP contribution is 2.35. The third-order valence-electron chi connectivity index (χ3n) is 2.71. The fraction of sp³-hybridized carbons (Fsp3) is 0.200. The molecule has 2 aromatic rings. The Balaban J connectivity index is 2.22. The Labute approximate surface area is 135 Å². The van der Waals surface area contributed by atoms with Crippen molar-refractivity contribution in [1.82, 2.24) is 4.98 Å². The van der Waals surface area contributed by atoms with Gasteiger partial charge in [0.25, 0.3) is 5.88 Å². The van der Waals surface area contributed by atoms with Gasteiger partial charge in [-0.2, -0.15) is 0 Å². The highest BCUT2D eigenvalue weighted by Gasteiger charge is 2.19. The second-order valence-electron chi connectivity index (χ2n) is 4.37. The topological polar surface area (TPSA) is 101 Å². The van der Waals surface area contributed by atoms with Crippen molar-refractivity contribution in [2.45, 2.75) is 6.92 Å². The first-order chi connectivity index (χ1) is 11.5. The monoisotopic (exact) mass is 336 g/mol. The van der Waals surface area contributed by atoms with E-state index in [-0.39, 0.29) is 24.0 Å². The molecule has 0 N–H and O–H groups in total. The number of rotatable bonds is 7. The van der Waals surface area contributed by atoms with Crippen molar-refractivity contribution in [2.24, 2.45) is 0 Å². The molecule has 0 radical (unpaired) electrons. The molecule has 126 valence electrons. The normalized spacial score (nSPS) is 10.1. The van der Waals surface area contributed by atoms with E-state index in [1.165, 1.54) is 18.3 Å². The van der Waals surface area contributed by atoms with Gasteiger partial charge in [0.2, 0.25) is 5.75 Å². The minimum absolute atomic E-state index is 0.0384. The summed E-state index contributed by atoms with van der Waals surface area (Å²) in [6.45, 7) is 1.46. The number of halogens is 1. The third-order valence-corrected chi connectivity index (χ3v) is 2.71. The van der Waals surface area contributed by atoms with E-state index in [2.05, 4.69) is 4.98 Å². The van der Waals surface area contributed by atoms with Crippen LogP contribution in [0.2, 0.25) is 0 Å². The molecule has 0 fully saturated rings. The molecule has 0 unspecified atom stereocenters. The van der Waals surface area contributed by atoms with Gasteiger partial charge in [-0.15, -0.1) is 0 Å². The number of carbonyl (C=O) groups is 1. The van der Waals surface area contributed by atoms with Gasteiger partial charge in [0.15, 0.2) is 12.4 Å². The molecule has 8 nitrogen and oxygen atoms in total. The molecule has 0 saturated carbocycles. The summed E-state index contributed by atoms with van der Waals surface area (Å²) in [4.78, 5) is 25.4. The molecule has 0 aliphatic rings. The van der Waals surface area contributed by atoms with Gasteiger partial charge in [-0.3, -0.25) is 10.1 Å². The maximum Gasteiger partial charge on any atom is 0.344 e. The number of benzene rings is 1. The summed E-state index contributed by atoms with van der Waals surface area (Å²) < 4.78 is 28.5. The molecule has 1 aromatic heterocycles. The van der Waals surface area contributed by atoms with Crippen molar-refractivity contribution in [3.8, 4) is 17.4 Å². The molecular weight excluding hydrogens is 323 g/mol. The smallest absolute Gasteiger partial charge is 0.344 e. The first-order valence-electron chi connectivity index (χ1n) is 6.86. The van der Waals surface area contributed by atoms with E-state index in [1.54, 1.807) is 6.92 Å². The molecular formula is C15H13FN2O6. The van der Waals surface area contributed by atoms with Crippen LogP contribution in [-0.2, 0) is 9.53 Å². The van der Waals surface area contributed by atoms with Crippen LogP contribution in [0.25, 0.3) is 0 Å². The van der Waals surface area contributed by atoms with Gasteiger partial charge in [-0.05, 0) is 31.2 Å². The minimum atomic E-state index is -0.770. The van der Waals surface area contributed by atoms with Gasteiger partial charge < -0.3 is 14.2 Å². The van der Waals surface area contributed by atoms with E-state index < -0.39 is 29.0 Å². The summed E-state index contributed by atoms with van der Waals surface area (Å²) in [6, 6.07) is 5.85. The van der Waals surface area contributed by atoms with Crippen molar-refractivity contribution < 1.29 is 28.3 Å². The number of ether oxygens (including phenoxy) is 3. The zero-order chi connectivity index (χ0) is 17.5. The maximum atomic E-state index is 13.2. The first-order valence-corrected chi connectivity index (χ1v) is 6.86. The number of esters is 1. The number of hydrogen-bond donors (Lipinski definition) is 0. The highest BCUT2D eigenvalue weighted by atomic mass is 19.1. The van der Waals surface area contributed by atoms with E-state index in [0.717, 1.165) is 18.2 Å². The first kappa shape index (κ1) is 17.1. The molecule has 0 atom stereocenters. The highest BCUT2D eigenvalue weighted by molar-refractivity contribution is 5.71. The second kappa shape index (κ2) is 7.86. The summed E-state index contributed by atoms with van der Waals surface area (Å²) in [5, 5.41) is 11.0. The van der Waals surface area contributed by atoms with Crippen molar-refractivity contribution >= 4 is 11.7 Å². The van der Waals surface area contributed by atoms with Crippen molar-refractivity contribution in [2.75, 3.05) is 13.2 Å². The number of nitro benzene ring substituents is 1. The average molecular weight is 336 g/mol. The Bertz CT molecular complexity index is 752. The molecule has 24 heavy (non-hydrogen) atoms. The number of hydrogen-bond acceptors (Lipinski definition) is 7. The molecule has 0 spiro atoms. The van der Waals surface area contributed by atoms with Crippen molar-refractivity contribution in [1.29, 1.82) is 0 Å². The van der Waals surface area contributed by atoms with Crippen molar-refractivity contribution in [3.05, 3.63) is 52.5 Å². The molecule has 0 bridgehead atoms. The molecule has 0 saturated heterocycles. The second-order valence-corrected chi connectivity index (χ2v) is 4.37. The molecule has 1 aromatic carbocycles. The number of pyridine rings is 1. The fourth-order valence-corrected chi connectivity index (χ4v) is 1.73. The Morgan fingerprint density at radius 1 is 1.33 bits per heavy atom. The van der Waals surface area contributed by atoms with Crippen LogP contribution in [0.1, 0.15) is 6.92 Å². The van der Waals surface area contributed by atoms with Gasteiger partial charge in [-0.1, -0.05) is 0 Å². The quantitative estimate of drug-likeness (QED) is 0.435. The van der Waals surface area contributed by atoms with Gasteiger partial charge in [0.05, 0.1) is 17.6 Å². The third kappa shape index (κ3) is 4.38. The average Bonchev–Trinajstić information content (AvgIpc) is 2.55. The maximum absolute atomic E-state index is 13.2. The standard InChI is InChI=1S/C15H13FN2O6/c1-2-22-14(19)9-23-15-13(4-3-7-17-15)24-12-6-5-10(16)8-11(12)18(20)21/h3-8H,2,9H2,1H3. The van der Waals surface area contributed by atoms with Crippen molar-refractivity contribution in [3.63, 3.8) is 0 Å². The molecule has 0 amide bonds. The van der Waals surface area contributed by atoms with E-state index >= 15 is 0 Å². The Morgan fingerprint density at radius 3 is 2.83 bits per heavy atom. The van der Waals surface area contributed by atoms with Crippen LogP contribution >= 0.6 is 0 Å². The van der Waals surface area contributed by atoms with E-state index in [1.807, 2.05) is 0 Å². The van der Waals surface area contributed by atoms with E-state index in [4.69, 9.17) is 14.2 Å². The van der Waals surface area contributed by atoms with Crippen LogP contribution in [0, 0.1) is 15.9 Å². The lowest BCUT2D eigenvalue weighted by atomic mass is 10.3. The van der Waals surface area contributed by atoms with Crippen LogP contribution in [0.5, 0.6) is 17.4 Å². The Kier molecular flexibility index (Phi) is 5.61. The van der Waals surface area contributed by atoms with Gasteiger partial charge in [0, 0.05) is 6.20 Å². The minimum Gasteiger partial charge on any atom is -0.463 e. The van der Waals surface area contributed by atoms with Crippen LogP contribution in [-0.4, -0.2) is 29.1 Å². The van der Waals surface area contributed by atoms with Gasteiger partial charge in [-0.25, -0.2) is 14.2 Å². The number of nitro groups is 1. The van der Waals surface area contributed by atoms with Crippen LogP contribution in [0.3, 0.4) is 0 Å². The molecule has 1 heterocycles. The largest absolute Gasteiger partial charge is 0.463 e. The lowest BCUT2D eigenvalue weighted by Crippen LogP contribution is -2.15. The predicted molar refractivity (Wildman–Crippen MR) is 79.5 cm³/mol. The zero-order valence-electron chi connectivity index (χ0n) is 12.6. The summed E-state index contributed by atoms with van der Waals surface area (Å²) in [6.07, 6.45) is 1.40. The van der Waals surface area contributed by atoms with Crippen LogP contribution < -0.4 is 9.47 Å². The lowest BCUT2D eigenvalue weighted by molar-refractivity contribution is -0.385. The Morgan fingerprint density at radius 2 is 2.12 bits per heavy atom. The van der Waals surface area contributed by atoms with Gasteiger partial charge in [0.1, 0.15) is 5.82 Å². The number of aromatic nitrogens is 1. The summed E-state index contributed by atoms with van der Waals surface area (Å²) in [5.41, 5.74) is -0.546. The van der Waals surface area contributed by atoms with Gasteiger partial charge >= 0.3 is 11.7 Å². The lowest BCUT2D eigenvalue weighted by Gasteiger charge is -2.11. The zero-order valence-corrected chi connectivity index (χ0v) is 12.6. The van der Waals surface area contributed by atoms with E-state index in [9.17, 15) is 19.3 Å². The fourth-order valence-electron chi connectivity index (χ4n) is 1.73. The molecule has 9 heteroatoms. The molecule has 0 aliphatic heterocycles. The number of nitrogens with zero attached hydrogens (tertiary/aromatic N) is 2. The Hall–Kier alpha value is -3.23. The van der Waals surface area contributed by atoms with Crippen LogP contribution in [0.15, 0.2) is 36.5 Å². The van der Waals surface area contributed by atoms with Crippen LogP contribution in [0.4, 0.5) is 10.1 Å². The summed E-state index contributed by atoms with van der Waals surface area (Å²) in [5.74, 6) is -1.56. The SMILES string of the molecule is CCOC(=O)COc1ncccc1Oc1ccc(F)cc1[N+](=O)[O-]. The number of carbonyl (C=O) groups excluding carboxylic acids is 1. The van der Waals surface area contributed by atoms with E-state index in [0.29, 0.717) is 0 Å². The molecule has 2 rings (SSSR count). The summed E-state index contributed by atoms with van der Waals surface area (Å²) in [7, 11) is 0. The summed E-state index contributed by atoms with van der Waals surface area (Å²) >= 11 is 0. The predicted octanol–water partition coefficient (Wildman–Crippen LogP) is 2.86.